The van der Waals surface area contributed by atoms with Gasteiger partial charge in [0.05, 0.1) is 5.56 Å². The minimum Gasteiger partial charge on any atom is -0.492 e. The third-order valence-corrected chi connectivity index (χ3v) is 6.86. The lowest BCUT2D eigenvalue weighted by molar-refractivity contribution is 0.0424. The maximum atomic E-state index is 12.9. The number of aromatic nitrogens is 1. The van der Waals surface area contributed by atoms with E-state index in [4.69, 9.17) is 10.5 Å². The Morgan fingerprint density at radius 2 is 1.87 bits per heavy atom. The van der Waals surface area contributed by atoms with Gasteiger partial charge in [0.15, 0.2) is 0 Å². The minimum atomic E-state index is 0.0638. The van der Waals surface area contributed by atoms with Gasteiger partial charge < -0.3 is 20.3 Å². The molecule has 6 heteroatoms. The summed E-state index contributed by atoms with van der Waals surface area (Å²) >= 11 is 0. The van der Waals surface area contributed by atoms with E-state index in [2.05, 4.69) is 41.2 Å². The summed E-state index contributed by atoms with van der Waals surface area (Å²) in [6, 6.07) is 11.9. The molecule has 2 aliphatic heterocycles. The third kappa shape index (κ3) is 5.37. The molecule has 4 rings (SSSR count). The molecule has 2 N–H and O–H groups in total. The molecule has 1 fully saturated rings. The number of nitrogens with two attached hydrogens (primary N) is 1. The highest BCUT2D eigenvalue weighted by molar-refractivity contribution is 5.94. The van der Waals surface area contributed by atoms with Crippen molar-refractivity contribution in [2.75, 3.05) is 45.6 Å². The molecule has 166 valence electrons. The Labute approximate surface area is 185 Å². The fourth-order valence-electron chi connectivity index (χ4n) is 5.02. The largest absolute Gasteiger partial charge is 0.492 e. The Balaban J connectivity index is 1.40. The van der Waals surface area contributed by atoms with Crippen LogP contribution in [0.4, 0.5) is 5.82 Å². The van der Waals surface area contributed by atoms with Gasteiger partial charge in [0.1, 0.15) is 18.2 Å². The number of piperidine rings is 1. The predicted molar refractivity (Wildman–Crippen MR) is 123 cm³/mol. The van der Waals surface area contributed by atoms with Gasteiger partial charge in [0.2, 0.25) is 0 Å². The molecule has 1 aromatic heterocycles. The standard InChI is InChI=1S/C25H34N4O2/c1-28-16-17-31-22-8-3-2-6-20(22)7-4-5-11-25(19-28)12-14-29(15-13-25)24(30)21-9-10-23(26)27-18-21/h2-3,6,8-10,18H,4-5,7,11-17,19H2,1H3,(H2,26,27). The molecule has 0 aliphatic carbocycles. The number of pyridine rings is 1. The number of rotatable bonds is 1. The van der Waals surface area contributed by atoms with Gasteiger partial charge in [0.25, 0.3) is 5.91 Å². The van der Waals surface area contributed by atoms with Gasteiger partial charge in [-0.2, -0.15) is 0 Å². The zero-order chi connectivity index (χ0) is 21.7. The summed E-state index contributed by atoms with van der Waals surface area (Å²) < 4.78 is 6.10. The highest BCUT2D eigenvalue weighted by Gasteiger charge is 2.36. The SMILES string of the molecule is CN1CCOc2ccccc2CCCCC2(CCN(C(=O)c3ccc(N)nc3)CC2)C1. The van der Waals surface area contributed by atoms with Crippen molar-refractivity contribution in [1.82, 2.24) is 14.8 Å². The molecular formula is C25H34N4O2. The summed E-state index contributed by atoms with van der Waals surface area (Å²) in [6.07, 6.45) is 8.34. The average molecular weight is 423 g/mol. The molecular weight excluding hydrogens is 388 g/mol. The highest BCUT2D eigenvalue weighted by atomic mass is 16.5. The lowest BCUT2D eigenvalue weighted by Gasteiger charge is -2.44. The van der Waals surface area contributed by atoms with Crippen LogP contribution in [0, 0.1) is 5.41 Å². The van der Waals surface area contributed by atoms with Gasteiger partial charge in [-0.25, -0.2) is 4.98 Å². The third-order valence-electron chi connectivity index (χ3n) is 6.86. The van der Waals surface area contributed by atoms with E-state index < -0.39 is 0 Å². The van der Waals surface area contributed by atoms with E-state index in [-0.39, 0.29) is 11.3 Å². The second-order valence-corrected chi connectivity index (χ2v) is 9.17. The molecule has 1 saturated heterocycles. The van der Waals surface area contributed by atoms with Gasteiger partial charge in [-0.1, -0.05) is 24.6 Å². The number of carbonyl (C=O) groups excluding carboxylic acids is 1. The van der Waals surface area contributed by atoms with Crippen LogP contribution in [-0.2, 0) is 6.42 Å². The number of nitrogen functional groups attached to an aromatic ring is 1. The number of fused-ring (bicyclic) bond motifs is 1. The Hall–Kier alpha value is -2.60. The van der Waals surface area contributed by atoms with Crippen LogP contribution in [0.15, 0.2) is 42.6 Å². The number of amides is 1. The Bertz CT molecular complexity index is 875. The van der Waals surface area contributed by atoms with E-state index in [9.17, 15) is 4.79 Å². The van der Waals surface area contributed by atoms with Gasteiger partial charge in [0, 0.05) is 32.4 Å². The maximum absolute atomic E-state index is 12.9. The summed E-state index contributed by atoms with van der Waals surface area (Å²) in [4.78, 5) is 21.4. The first-order valence-electron chi connectivity index (χ1n) is 11.4. The monoisotopic (exact) mass is 422 g/mol. The number of hydrogen-bond acceptors (Lipinski definition) is 5. The summed E-state index contributed by atoms with van der Waals surface area (Å²) in [5, 5.41) is 0. The Morgan fingerprint density at radius 3 is 2.65 bits per heavy atom. The molecule has 31 heavy (non-hydrogen) atoms. The topological polar surface area (TPSA) is 71.7 Å². The zero-order valence-corrected chi connectivity index (χ0v) is 18.6. The molecule has 6 nitrogen and oxygen atoms in total. The maximum Gasteiger partial charge on any atom is 0.255 e. The fraction of sp³-hybridized carbons (Fsp3) is 0.520. The van der Waals surface area contributed by atoms with E-state index in [0.717, 1.165) is 51.2 Å². The number of benzene rings is 1. The van der Waals surface area contributed by atoms with Crippen molar-refractivity contribution in [3.8, 4) is 5.75 Å². The summed E-state index contributed by atoms with van der Waals surface area (Å²) in [6.45, 7) is 4.28. The van der Waals surface area contributed by atoms with Crippen molar-refractivity contribution in [3.05, 3.63) is 53.7 Å². The number of hydrogen-bond donors (Lipinski definition) is 1. The molecule has 1 aromatic carbocycles. The highest BCUT2D eigenvalue weighted by Crippen LogP contribution is 2.38. The van der Waals surface area contributed by atoms with Crippen molar-refractivity contribution in [3.63, 3.8) is 0 Å². The van der Waals surface area contributed by atoms with E-state index in [0.29, 0.717) is 18.0 Å². The minimum absolute atomic E-state index is 0.0638. The average Bonchev–Trinajstić information content (AvgIpc) is 2.77. The normalized spacial score (nSPS) is 20.2. The van der Waals surface area contributed by atoms with Crippen LogP contribution in [-0.4, -0.2) is 60.5 Å². The van der Waals surface area contributed by atoms with Crippen molar-refractivity contribution < 1.29 is 9.53 Å². The number of carbonyl (C=O) groups is 1. The van der Waals surface area contributed by atoms with Crippen LogP contribution >= 0.6 is 0 Å². The molecule has 0 unspecified atom stereocenters. The summed E-state index contributed by atoms with van der Waals surface area (Å²) in [5.41, 5.74) is 7.87. The van der Waals surface area contributed by atoms with Crippen molar-refractivity contribution in [2.24, 2.45) is 5.41 Å². The number of likely N-dealkylation sites (tertiary alicyclic amines) is 1. The van der Waals surface area contributed by atoms with Crippen LogP contribution in [0.3, 0.4) is 0 Å². The first kappa shape index (κ1) is 21.6. The molecule has 0 saturated carbocycles. The number of nitrogens with zero attached hydrogens (tertiary/aromatic N) is 3. The van der Waals surface area contributed by atoms with Crippen molar-refractivity contribution >= 4 is 11.7 Å². The van der Waals surface area contributed by atoms with Crippen LogP contribution < -0.4 is 10.5 Å². The van der Waals surface area contributed by atoms with Crippen LogP contribution in [0.1, 0.15) is 48.0 Å². The predicted octanol–water partition coefficient (Wildman–Crippen LogP) is 3.62. The zero-order valence-electron chi connectivity index (χ0n) is 18.6. The first-order valence-corrected chi connectivity index (χ1v) is 11.4. The Morgan fingerprint density at radius 1 is 1.06 bits per heavy atom. The Kier molecular flexibility index (Phi) is 6.76. The van der Waals surface area contributed by atoms with Crippen molar-refractivity contribution in [1.29, 1.82) is 0 Å². The van der Waals surface area contributed by atoms with E-state index in [1.54, 1.807) is 18.3 Å². The number of likely N-dealkylation sites (N-methyl/N-ethyl adjacent to an activating group) is 1. The van der Waals surface area contributed by atoms with Crippen LogP contribution in [0.25, 0.3) is 0 Å². The number of ether oxygens (including phenoxy) is 1. The second-order valence-electron chi connectivity index (χ2n) is 9.17. The van der Waals surface area contributed by atoms with Gasteiger partial charge >= 0.3 is 0 Å². The number of anilines is 1. The lowest BCUT2D eigenvalue weighted by Crippen LogP contribution is -2.48. The van der Waals surface area contributed by atoms with Gasteiger partial charge in [-0.3, -0.25) is 4.79 Å². The van der Waals surface area contributed by atoms with Crippen LogP contribution in [0.2, 0.25) is 0 Å². The summed E-state index contributed by atoms with van der Waals surface area (Å²) in [5.74, 6) is 1.54. The van der Waals surface area contributed by atoms with E-state index in [1.165, 1.54) is 24.8 Å². The molecule has 2 aromatic rings. The lowest BCUT2D eigenvalue weighted by atomic mass is 9.73. The molecule has 0 atom stereocenters. The van der Waals surface area contributed by atoms with Gasteiger partial charge in [-0.15, -0.1) is 0 Å². The number of para-hydroxylation sites is 1. The second kappa shape index (κ2) is 9.69. The van der Waals surface area contributed by atoms with E-state index in [1.807, 2.05) is 4.90 Å². The van der Waals surface area contributed by atoms with Gasteiger partial charge in [-0.05, 0) is 68.3 Å². The first-order chi connectivity index (χ1) is 15.0. The fourth-order valence-corrected chi connectivity index (χ4v) is 5.02. The molecule has 2 aliphatic rings. The molecule has 0 bridgehead atoms. The number of aryl methyl sites for hydroxylation is 1. The summed E-state index contributed by atoms with van der Waals surface area (Å²) in [7, 11) is 2.19. The molecule has 1 spiro atoms. The molecule has 0 radical (unpaired) electrons. The molecule has 3 heterocycles. The molecule has 1 amide bonds. The van der Waals surface area contributed by atoms with Crippen LogP contribution in [0.5, 0.6) is 5.75 Å². The smallest absolute Gasteiger partial charge is 0.255 e. The van der Waals surface area contributed by atoms with Crippen molar-refractivity contribution in [2.45, 2.75) is 38.5 Å². The van der Waals surface area contributed by atoms with E-state index >= 15 is 0 Å². The quantitative estimate of drug-likeness (QED) is 0.760.